The normalized spacial score (nSPS) is 11.3. The molecule has 2 aromatic heterocycles. The first-order chi connectivity index (χ1) is 13.3. The van der Waals surface area contributed by atoms with Gasteiger partial charge in [0.05, 0.1) is 22.3 Å². The van der Waals surface area contributed by atoms with E-state index in [0.717, 1.165) is 33.4 Å². The average molecular weight is 351 g/mol. The molecule has 3 aromatic carbocycles. The number of hydrogen-bond donors (Lipinski definition) is 0. The topological polar surface area (TPSA) is 39.8 Å². The van der Waals surface area contributed by atoms with Crippen molar-refractivity contribution >= 4 is 21.8 Å². The Bertz CT molecular complexity index is 1330. The van der Waals surface area contributed by atoms with Gasteiger partial charge in [-0.15, -0.1) is 0 Å². The molecule has 0 N–H and O–H groups in total. The van der Waals surface area contributed by atoms with E-state index in [9.17, 15) is 4.79 Å². The summed E-state index contributed by atoms with van der Waals surface area (Å²) in [5.74, 6) is 0. The average Bonchev–Trinajstić information content (AvgIpc) is 3.14. The summed E-state index contributed by atoms with van der Waals surface area (Å²) in [6.45, 7) is 0. The van der Waals surface area contributed by atoms with E-state index in [0.29, 0.717) is 5.39 Å². The van der Waals surface area contributed by atoms with E-state index in [4.69, 9.17) is 5.10 Å². The molecule has 0 spiro atoms. The first-order valence-electron chi connectivity index (χ1n) is 8.87. The Balaban J connectivity index is 2.03. The zero-order valence-corrected chi connectivity index (χ0v) is 14.8. The highest BCUT2D eigenvalue weighted by molar-refractivity contribution is 6.08. The third kappa shape index (κ3) is 2.30. The molecule has 2 heterocycles. The molecule has 0 saturated carbocycles. The molecular formula is C23H17N3O. The smallest absolute Gasteiger partial charge is 0.262 e. The number of aryl methyl sites for hydroxylation is 1. The lowest BCUT2D eigenvalue weighted by Gasteiger charge is -2.08. The van der Waals surface area contributed by atoms with E-state index in [2.05, 4.69) is 0 Å². The van der Waals surface area contributed by atoms with Crippen molar-refractivity contribution in [1.82, 2.24) is 14.3 Å². The second-order valence-corrected chi connectivity index (χ2v) is 6.57. The van der Waals surface area contributed by atoms with Gasteiger partial charge in [-0.25, -0.2) is 4.68 Å². The van der Waals surface area contributed by atoms with Gasteiger partial charge in [0.1, 0.15) is 5.52 Å². The van der Waals surface area contributed by atoms with Gasteiger partial charge in [-0.3, -0.25) is 4.79 Å². The number of benzene rings is 3. The Hall–Kier alpha value is -3.66. The van der Waals surface area contributed by atoms with Crippen LogP contribution in [-0.2, 0) is 7.05 Å². The molecule has 4 nitrogen and oxygen atoms in total. The van der Waals surface area contributed by atoms with Crippen molar-refractivity contribution in [3.63, 3.8) is 0 Å². The molecule has 0 aliphatic carbocycles. The Kier molecular flexibility index (Phi) is 3.44. The van der Waals surface area contributed by atoms with Crippen LogP contribution in [0.1, 0.15) is 0 Å². The molecule has 5 rings (SSSR count). The van der Waals surface area contributed by atoms with Gasteiger partial charge < -0.3 is 4.57 Å². The maximum atomic E-state index is 13.3. The molecule has 0 aliphatic rings. The van der Waals surface area contributed by atoms with Crippen LogP contribution in [-0.4, -0.2) is 14.3 Å². The molecule has 0 unspecified atom stereocenters. The molecule has 0 saturated heterocycles. The molecule has 0 amide bonds. The fourth-order valence-corrected chi connectivity index (χ4v) is 3.67. The molecule has 5 aromatic rings. The first-order valence-corrected chi connectivity index (χ1v) is 8.87. The Morgan fingerprint density at radius 1 is 0.778 bits per heavy atom. The zero-order valence-electron chi connectivity index (χ0n) is 14.8. The number of nitrogens with zero attached hydrogens (tertiary/aromatic N) is 3. The lowest BCUT2D eigenvalue weighted by atomic mass is 10.1. The highest BCUT2D eigenvalue weighted by Gasteiger charge is 2.20. The van der Waals surface area contributed by atoms with E-state index in [1.807, 2.05) is 96.7 Å². The van der Waals surface area contributed by atoms with Gasteiger partial charge in [0.15, 0.2) is 0 Å². The number of para-hydroxylation sites is 2. The van der Waals surface area contributed by atoms with Gasteiger partial charge >= 0.3 is 0 Å². The van der Waals surface area contributed by atoms with Gasteiger partial charge in [0, 0.05) is 18.0 Å². The predicted molar refractivity (Wildman–Crippen MR) is 109 cm³/mol. The summed E-state index contributed by atoms with van der Waals surface area (Å²) in [7, 11) is 1.82. The predicted octanol–water partition coefficient (Wildman–Crippen LogP) is 4.54. The minimum Gasteiger partial charge on any atom is -0.311 e. The van der Waals surface area contributed by atoms with Crippen molar-refractivity contribution in [3.05, 3.63) is 95.3 Å². The standard InChI is InChI=1S/C23H17N3O/c1-25-19-15-9-8-14-18(19)21-20(23(25)27)22(16-10-4-2-5-11-16)26(24-21)17-12-6-3-7-13-17/h2-15H,1H3. The summed E-state index contributed by atoms with van der Waals surface area (Å²) < 4.78 is 3.59. The summed E-state index contributed by atoms with van der Waals surface area (Å²) in [4.78, 5) is 13.3. The van der Waals surface area contributed by atoms with Crippen LogP contribution in [0.2, 0.25) is 0 Å². The maximum Gasteiger partial charge on any atom is 0.262 e. The SMILES string of the molecule is Cn1c(=O)c2c(-c3ccccc3)n(-c3ccccc3)nc2c2ccccc21. The highest BCUT2D eigenvalue weighted by atomic mass is 16.1. The van der Waals surface area contributed by atoms with Crippen LogP contribution >= 0.6 is 0 Å². The van der Waals surface area contributed by atoms with Crippen molar-refractivity contribution in [2.24, 2.45) is 7.05 Å². The van der Waals surface area contributed by atoms with Gasteiger partial charge in [0.2, 0.25) is 0 Å². The van der Waals surface area contributed by atoms with Gasteiger partial charge in [-0.05, 0) is 18.2 Å². The summed E-state index contributed by atoms with van der Waals surface area (Å²) in [5, 5.41) is 6.51. The van der Waals surface area contributed by atoms with Crippen molar-refractivity contribution < 1.29 is 0 Å². The van der Waals surface area contributed by atoms with Gasteiger partial charge in [0.25, 0.3) is 5.56 Å². The fourth-order valence-electron chi connectivity index (χ4n) is 3.67. The summed E-state index contributed by atoms with van der Waals surface area (Å²) >= 11 is 0. The van der Waals surface area contributed by atoms with Crippen LogP contribution in [0.3, 0.4) is 0 Å². The quantitative estimate of drug-likeness (QED) is 0.468. The zero-order chi connectivity index (χ0) is 18.4. The largest absolute Gasteiger partial charge is 0.311 e. The molecule has 0 fully saturated rings. The number of hydrogen-bond acceptors (Lipinski definition) is 2. The minimum absolute atomic E-state index is 0.0373. The Morgan fingerprint density at radius 2 is 1.41 bits per heavy atom. The first kappa shape index (κ1) is 15.6. The maximum absolute atomic E-state index is 13.3. The second kappa shape index (κ2) is 5.95. The third-order valence-corrected chi connectivity index (χ3v) is 4.97. The summed E-state index contributed by atoms with van der Waals surface area (Å²) in [5.41, 5.74) is 4.30. The van der Waals surface area contributed by atoms with Crippen molar-refractivity contribution in [1.29, 1.82) is 0 Å². The third-order valence-electron chi connectivity index (χ3n) is 4.97. The van der Waals surface area contributed by atoms with Crippen LogP contribution in [0, 0.1) is 0 Å². The van der Waals surface area contributed by atoms with Crippen LogP contribution in [0.4, 0.5) is 0 Å². The summed E-state index contributed by atoms with van der Waals surface area (Å²) in [6, 6.07) is 27.8. The van der Waals surface area contributed by atoms with E-state index < -0.39 is 0 Å². The fraction of sp³-hybridized carbons (Fsp3) is 0.0435. The van der Waals surface area contributed by atoms with Crippen molar-refractivity contribution in [2.45, 2.75) is 0 Å². The molecule has 0 aliphatic heterocycles. The molecule has 0 atom stereocenters. The van der Waals surface area contributed by atoms with Crippen LogP contribution in [0.5, 0.6) is 0 Å². The second-order valence-electron chi connectivity index (χ2n) is 6.57. The minimum atomic E-state index is -0.0373. The number of fused-ring (bicyclic) bond motifs is 3. The lowest BCUT2D eigenvalue weighted by Crippen LogP contribution is -2.17. The molecule has 0 bridgehead atoms. The lowest BCUT2D eigenvalue weighted by molar-refractivity contribution is 0.905. The van der Waals surface area contributed by atoms with Crippen molar-refractivity contribution in [2.75, 3.05) is 0 Å². The Labute approximate surface area is 155 Å². The Morgan fingerprint density at radius 3 is 2.15 bits per heavy atom. The van der Waals surface area contributed by atoms with Crippen LogP contribution in [0.25, 0.3) is 38.8 Å². The highest BCUT2D eigenvalue weighted by Crippen LogP contribution is 2.32. The van der Waals surface area contributed by atoms with E-state index in [1.165, 1.54) is 0 Å². The van der Waals surface area contributed by atoms with E-state index >= 15 is 0 Å². The number of pyridine rings is 1. The van der Waals surface area contributed by atoms with Gasteiger partial charge in [-0.2, -0.15) is 5.10 Å². The summed E-state index contributed by atoms with van der Waals surface area (Å²) in [6.07, 6.45) is 0. The van der Waals surface area contributed by atoms with Crippen LogP contribution in [0.15, 0.2) is 89.7 Å². The monoisotopic (exact) mass is 351 g/mol. The molecule has 130 valence electrons. The number of rotatable bonds is 2. The molecule has 27 heavy (non-hydrogen) atoms. The van der Waals surface area contributed by atoms with Crippen molar-refractivity contribution in [3.8, 4) is 16.9 Å². The van der Waals surface area contributed by atoms with Gasteiger partial charge in [-0.1, -0.05) is 66.7 Å². The van der Waals surface area contributed by atoms with E-state index in [1.54, 1.807) is 4.57 Å². The van der Waals surface area contributed by atoms with Crippen LogP contribution < -0.4 is 5.56 Å². The molecule has 0 radical (unpaired) electrons. The molecule has 4 heteroatoms. The number of aromatic nitrogens is 3. The molecular weight excluding hydrogens is 334 g/mol. The van der Waals surface area contributed by atoms with E-state index in [-0.39, 0.29) is 5.56 Å².